The molecule has 1 N–H and O–H groups in total. The number of hydrogen-bond acceptors (Lipinski definition) is 4. The maximum Gasteiger partial charge on any atom is 0.247 e. The lowest BCUT2D eigenvalue weighted by Gasteiger charge is -2.12. The van der Waals surface area contributed by atoms with Crippen LogP contribution in [0.1, 0.15) is 23.9 Å². The lowest BCUT2D eigenvalue weighted by Crippen LogP contribution is -2.04. The monoisotopic (exact) mass is 293 g/mol. The van der Waals surface area contributed by atoms with E-state index in [2.05, 4.69) is 47.6 Å². The molecule has 22 heavy (non-hydrogen) atoms. The number of nitrogens with one attached hydrogen (secondary N) is 1. The van der Waals surface area contributed by atoms with Crippen molar-refractivity contribution in [1.82, 2.24) is 10.2 Å². The summed E-state index contributed by atoms with van der Waals surface area (Å²) in [5, 5.41) is 11.6. The smallest absolute Gasteiger partial charge is 0.247 e. The highest BCUT2D eigenvalue weighted by Gasteiger charge is 2.09. The number of nitrogens with zero attached hydrogens (tertiary/aromatic N) is 2. The van der Waals surface area contributed by atoms with Crippen molar-refractivity contribution >= 4 is 5.69 Å². The normalized spacial score (nSPS) is 10.6. The molecule has 3 aromatic rings. The number of benzene rings is 2. The van der Waals surface area contributed by atoms with Crippen LogP contribution in [0.5, 0.6) is 0 Å². The molecular weight excluding hydrogens is 274 g/mol. The van der Waals surface area contributed by atoms with Crippen LogP contribution in [0.2, 0.25) is 0 Å². The van der Waals surface area contributed by atoms with E-state index in [9.17, 15) is 0 Å². The topological polar surface area (TPSA) is 51.0 Å². The van der Waals surface area contributed by atoms with Gasteiger partial charge in [-0.1, -0.05) is 43.3 Å². The van der Waals surface area contributed by atoms with Crippen LogP contribution in [-0.4, -0.2) is 10.2 Å². The van der Waals surface area contributed by atoms with Gasteiger partial charge < -0.3 is 9.73 Å². The Kier molecular flexibility index (Phi) is 4.19. The summed E-state index contributed by atoms with van der Waals surface area (Å²) in [5.74, 6) is 1.14. The maximum absolute atomic E-state index is 5.72. The van der Waals surface area contributed by atoms with Crippen molar-refractivity contribution in [2.75, 3.05) is 5.32 Å². The van der Waals surface area contributed by atoms with Crippen molar-refractivity contribution in [1.29, 1.82) is 0 Å². The molecular formula is C18H19N3O. The summed E-state index contributed by atoms with van der Waals surface area (Å²) in [7, 11) is 0. The largest absolute Gasteiger partial charge is 0.419 e. The highest BCUT2D eigenvalue weighted by molar-refractivity contribution is 5.57. The van der Waals surface area contributed by atoms with Gasteiger partial charge in [0, 0.05) is 11.3 Å². The van der Waals surface area contributed by atoms with Crippen LogP contribution in [0.15, 0.2) is 52.9 Å². The van der Waals surface area contributed by atoms with Crippen molar-refractivity contribution < 1.29 is 4.42 Å². The molecule has 0 radical (unpaired) electrons. The number of para-hydroxylation sites is 1. The van der Waals surface area contributed by atoms with Gasteiger partial charge in [0.25, 0.3) is 0 Å². The van der Waals surface area contributed by atoms with Crippen molar-refractivity contribution in [3.63, 3.8) is 0 Å². The zero-order chi connectivity index (χ0) is 15.4. The minimum atomic E-state index is 0.525. The second-order valence-electron chi connectivity index (χ2n) is 5.18. The van der Waals surface area contributed by atoms with Gasteiger partial charge in [-0.15, -0.1) is 10.2 Å². The third-order valence-corrected chi connectivity index (χ3v) is 3.64. The summed E-state index contributed by atoms with van der Waals surface area (Å²) >= 11 is 0. The minimum absolute atomic E-state index is 0.525. The Labute approximate surface area is 130 Å². The Morgan fingerprint density at radius 3 is 2.59 bits per heavy atom. The molecule has 4 nitrogen and oxygen atoms in total. The first-order valence-electron chi connectivity index (χ1n) is 7.48. The number of hydrogen-bond donors (Lipinski definition) is 1. The zero-order valence-corrected chi connectivity index (χ0v) is 12.8. The SMILES string of the molecule is CCc1cccc(C)c1NCc1nnc(-c2ccccc2)o1. The fraction of sp³-hybridized carbons (Fsp3) is 0.222. The molecule has 1 heterocycles. The average molecular weight is 293 g/mol. The van der Waals surface area contributed by atoms with Crippen LogP contribution in [0.3, 0.4) is 0 Å². The first-order chi connectivity index (χ1) is 10.8. The van der Waals surface area contributed by atoms with Gasteiger partial charge in [0.1, 0.15) is 0 Å². The van der Waals surface area contributed by atoms with Gasteiger partial charge in [-0.05, 0) is 36.6 Å². The molecule has 0 aliphatic carbocycles. The zero-order valence-electron chi connectivity index (χ0n) is 12.8. The average Bonchev–Trinajstić information content (AvgIpc) is 3.03. The van der Waals surface area contributed by atoms with E-state index >= 15 is 0 Å². The van der Waals surface area contributed by atoms with Crippen LogP contribution >= 0.6 is 0 Å². The number of aromatic nitrogens is 2. The molecule has 0 aliphatic heterocycles. The van der Waals surface area contributed by atoms with Crippen LogP contribution in [-0.2, 0) is 13.0 Å². The predicted molar refractivity (Wildman–Crippen MR) is 87.6 cm³/mol. The molecule has 1 aromatic heterocycles. The first-order valence-corrected chi connectivity index (χ1v) is 7.48. The van der Waals surface area contributed by atoms with E-state index in [0.29, 0.717) is 18.3 Å². The Bertz CT molecular complexity index is 750. The highest BCUT2D eigenvalue weighted by atomic mass is 16.4. The van der Waals surface area contributed by atoms with Gasteiger partial charge in [0.2, 0.25) is 11.8 Å². The standard InChI is InChI=1S/C18H19N3O/c1-3-14-11-7-8-13(2)17(14)19-12-16-20-21-18(22-16)15-9-5-4-6-10-15/h4-11,19H,3,12H2,1-2H3. The second-order valence-corrected chi connectivity index (χ2v) is 5.18. The molecule has 4 heteroatoms. The summed E-state index contributed by atoms with van der Waals surface area (Å²) in [6.07, 6.45) is 0.989. The predicted octanol–water partition coefficient (Wildman–Crippen LogP) is 4.22. The molecule has 2 aromatic carbocycles. The minimum Gasteiger partial charge on any atom is -0.419 e. The van der Waals surface area contributed by atoms with Crippen LogP contribution in [0.25, 0.3) is 11.5 Å². The highest BCUT2D eigenvalue weighted by Crippen LogP contribution is 2.22. The lowest BCUT2D eigenvalue weighted by molar-refractivity contribution is 0.515. The van der Waals surface area contributed by atoms with Gasteiger partial charge in [-0.3, -0.25) is 0 Å². The molecule has 112 valence electrons. The number of rotatable bonds is 5. The summed E-state index contributed by atoms with van der Waals surface area (Å²) in [5.41, 5.74) is 4.61. The van der Waals surface area contributed by atoms with E-state index in [1.54, 1.807) is 0 Å². The van der Waals surface area contributed by atoms with E-state index in [0.717, 1.165) is 17.7 Å². The Morgan fingerprint density at radius 1 is 1.00 bits per heavy atom. The fourth-order valence-corrected chi connectivity index (χ4v) is 2.46. The molecule has 0 unspecified atom stereocenters. The summed E-state index contributed by atoms with van der Waals surface area (Å²) in [4.78, 5) is 0. The quantitative estimate of drug-likeness (QED) is 0.765. The van der Waals surface area contributed by atoms with E-state index < -0.39 is 0 Å². The van der Waals surface area contributed by atoms with Gasteiger partial charge in [0.15, 0.2) is 0 Å². The van der Waals surface area contributed by atoms with Gasteiger partial charge >= 0.3 is 0 Å². The maximum atomic E-state index is 5.72. The Morgan fingerprint density at radius 2 is 1.82 bits per heavy atom. The lowest BCUT2D eigenvalue weighted by atomic mass is 10.1. The van der Waals surface area contributed by atoms with Crippen molar-refractivity contribution in [2.45, 2.75) is 26.8 Å². The Balaban J connectivity index is 1.74. The van der Waals surface area contributed by atoms with Crippen LogP contribution in [0, 0.1) is 6.92 Å². The van der Waals surface area contributed by atoms with Crippen molar-refractivity contribution in [2.24, 2.45) is 0 Å². The summed E-state index contributed by atoms with van der Waals surface area (Å²) < 4.78 is 5.72. The third-order valence-electron chi connectivity index (χ3n) is 3.64. The molecule has 0 saturated carbocycles. The molecule has 0 fully saturated rings. The van der Waals surface area contributed by atoms with Gasteiger partial charge in [-0.25, -0.2) is 0 Å². The molecule has 0 bridgehead atoms. The Hall–Kier alpha value is -2.62. The molecule has 3 rings (SSSR count). The fourth-order valence-electron chi connectivity index (χ4n) is 2.46. The van der Waals surface area contributed by atoms with Crippen molar-refractivity contribution in [3.05, 3.63) is 65.5 Å². The van der Waals surface area contributed by atoms with Crippen molar-refractivity contribution in [3.8, 4) is 11.5 Å². The first kappa shape index (κ1) is 14.3. The van der Waals surface area contributed by atoms with Gasteiger partial charge in [-0.2, -0.15) is 0 Å². The molecule has 0 saturated heterocycles. The summed E-state index contributed by atoms with van der Waals surface area (Å²) in [6.45, 7) is 4.78. The number of aryl methyl sites for hydroxylation is 2. The molecule has 0 amide bonds. The van der Waals surface area contributed by atoms with E-state index in [1.807, 2.05) is 30.3 Å². The third kappa shape index (κ3) is 3.01. The van der Waals surface area contributed by atoms with E-state index in [1.165, 1.54) is 11.1 Å². The molecule has 0 spiro atoms. The van der Waals surface area contributed by atoms with Crippen LogP contribution in [0.4, 0.5) is 5.69 Å². The van der Waals surface area contributed by atoms with Crippen LogP contribution < -0.4 is 5.32 Å². The number of anilines is 1. The molecule has 0 aliphatic rings. The van der Waals surface area contributed by atoms with E-state index in [4.69, 9.17) is 4.42 Å². The second kappa shape index (κ2) is 6.43. The summed E-state index contributed by atoms with van der Waals surface area (Å²) in [6, 6.07) is 16.1. The van der Waals surface area contributed by atoms with Gasteiger partial charge in [0.05, 0.1) is 6.54 Å². The van der Waals surface area contributed by atoms with E-state index in [-0.39, 0.29) is 0 Å². The molecule has 0 atom stereocenters.